The van der Waals surface area contributed by atoms with Crippen LogP contribution in [0.1, 0.15) is 0 Å². The van der Waals surface area contributed by atoms with Crippen molar-refractivity contribution in [3.63, 3.8) is 0 Å². The first-order valence-electron chi connectivity index (χ1n) is 2.90. The van der Waals surface area contributed by atoms with Gasteiger partial charge in [-0.2, -0.15) is 13.4 Å². The molecule has 0 unspecified atom stereocenters. The van der Waals surface area contributed by atoms with Crippen LogP contribution in [0.3, 0.4) is 0 Å². The highest BCUT2D eigenvalue weighted by molar-refractivity contribution is 7.79. The maximum absolute atomic E-state index is 8.74. The Hall–Kier alpha value is -1.38. The first-order chi connectivity index (χ1) is 5.79. The molecule has 0 amide bonds. The lowest BCUT2D eigenvalue weighted by Gasteiger charge is -1.89. The number of aromatic nitrogens is 1. The Balaban J connectivity index is 0.000000252. The van der Waals surface area contributed by atoms with E-state index < -0.39 is 10.4 Å². The second-order valence-corrected chi connectivity index (χ2v) is 2.76. The number of nitrogens with zero attached hydrogens (tertiary/aromatic N) is 1. The quantitative estimate of drug-likeness (QED) is 0.430. The van der Waals surface area contributed by atoms with Crippen molar-refractivity contribution in [3.8, 4) is 5.88 Å². The average molecular weight is 208 g/mol. The van der Waals surface area contributed by atoms with E-state index in [4.69, 9.17) is 28.4 Å². The molecule has 7 nitrogen and oxygen atoms in total. The summed E-state index contributed by atoms with van der Waals surface area (Å²) >= 11 is 0. The van der Waals surface area contributed by atoms with Gasteiger partial charge in [-0.3, -0.25) is 9.11 Å². The highest BCUT2D eigenvalue weighted by atomic mass is 32.3. The molecule has 8 heteroatoms. The third-order valence-electron chi connectivity index (χ3n) is 0.756. The Morgan fingerprint density at radius 2 is 1.77 bits per heavy atom. The van der Waals surface area contributed by atoms with E-state index in [1.54, 1.807) is 12.1 Å². The van der Waals surface area contributed by atoms with E-state index >= 15 is 0 Å². The van der Waals surface area contributed by atoms with Crippen LogP contribution in [0.4, 0.5) is 5.82 Å². The van der Waals surface area contributed by atoms with Crippen LogP contribution in [-0.2, 0) is 10.4 Å². The molecule has 0 aliphatic carbocycles. The summed E-state index contributed by atoms with van der Waals surface area (Å²) in [6.07, 6.45) is 0. The molecule has 0 radical (unpaired) electrons. The molecule has 1 aromatic rings. The van der Waals surface area contributed by atoms with E-state index in [1.165, 1.54) is 6.07 Å². The Labute approximate surface area is 74.4 Å². The van der Waals surface area contributed by atoms with Crippen molar-refractivity contribution in [2.45, 2.75) is 0 Å². The van der Waals surface area contributed by atoms with Crippen LogP contribution in [0.2, 0.25) is 0 Å². The van der Waals surface area contributed by atoms with Crippen molar-refractivity contribution in [2.75, 3.05) is 5.73 Å². The molecule has 0 atom stereocenters. The molecule has 5 N–H and O–H groups in total. The maximum Gasteiger partial charge on any atom is 0.394 e. The van der Waals surface area contributed by atoms with Crippen molar-refractivity contribution in [1.82, 2.24) is 4.98 Å². The Kier molecular flexibility index (Phi) is 4.11. The van der Waals surface area contributed by atoms with E-state index in [9.17, 15) is 0 Å². The van der Waals surface area contributed by atoms with Gasteiger partial charge in [0.1, 0.15) is 5.82 Å². The van der Waals surface area contributed by atoms with Crippen LogP contribution in [0.5, 0.6) is 5.88 Å². The van der Waals surface area contributed by atoms with Crippen LogP contribution in [0, 0.1) is 0 Å². The fraction of sp³-hybridized carbons (Fsp3) is 0. The van der Waals surface area contributed by atoms with E-state index in [0.717, 1.165) is 0 Å². The lowest BCUT2D eigenvalue weighted by Crippen LogP contribution is -1.89. The minimum Gasteiger partial charge on any atom is -0.493 e. The van der Waals surface area contributed by atoms with Gasteiger partial charge in [0.25, 0.3) is 0 Å². The normalized spacial score (nSPS) is 10.0. The molecule has 0 spiro atoms. The molecule has 0 aliphatic rings. The number of nitrogens with two attached hydrogens (primary N) is 1. The molecule has 13 heavy (non-hydrogen) atoms. The standard InChI is InChI=1S/C5H6N2O.H2O4S/c6-4-2-1-3-5(8)7-4;1-5(2,3)4/h1-3H,(H3,6,7,8);(H2,1,2,3,4). The Morgan fingerprint density at radius 3 is 2.00 bits per heavy atom. The van der Waals surface area contributed by atoms with Gasteiger partial charge in [0.05, 0.1) is 0 Å². The number of anilines is 1. The van der Waals surface area contributed by atoms with Gasteiger partial charge in [0, 0.05) is 6.07 Å². The summed E-state index contributed by atoms with van der Waals surface area (Å²) in [5.74, 6) is 0.301. The van der Waals surface area contributed by atoms with Crippen molar-refractivity contribution in [2.24, 2.45) is 0 Å². The molecule has 1 rings (SSSR count). The Morgan fingerprint density at radius 1 is 1.31 bits per heavy atom. The third-order valence-corrected chi connectivity index (χ3v) is 0.756. The summed E-state index contributed by atoms with van der Waals surface area (Å²) in [5.41, 5.74) is 5.19. The largest absolute Gasteiger partial charge is 0.493 e. The van der Waals surface area contributed by atoms with E-state index in [2.05, 4.69) is 4.98 Å². The first kappa shape index (κ1) is 11.6. The minimum atomic E-state index is -4.67. The number of pyridine rings is 1. The van der Waals surface area contributed by atoms with E-state index in [-0.39, 0.29) is 5.88 Å². The second-order valence-electron chi connectivity index (χ2n) is 1.87. The van der Waals surface area contributed by atoms with Gasteiger partial charge >= 0.3 is 10.4 Å². The van der Waals surface area contributed by atoms with Gasteiger partial charge in [-0.25, -0.2) is 0 Å². The molecular weight excluding hydrogens is 200 g/mol. The molecule has 0 saturated carbocycles. The van der Waals surface area contributed by atoms with E-state index in [0.29, 0.717) is 5.82 Å². The number of hydrogen-bond acceptors (Lipinski definition) is 5. The SMILES string of the molecule is Nc1cccc(O)n1.O=S(=O)(O)O. The van der Waals surface area contributed by atoms with Crippen LogP contribution in [0.25, 0.3) is 0 Å². The number of rotatable bonds is 0. The second kappa shape index (κ2) is 4.60. The van der Waals surface area contributed by atoms with Gasteiger partial charge in [-0.05, 0) is 6.07 Å². The summed E-state index contributed by atoms with van der Waals surface area (Å²) in [5, 5.41) is 8.62. The van der Waals surface area contributed by atoms with Gasteiger partial charge in [0.2, 0.25) is 5.88 Å². The van der Waals surface area contributed by atoms with Crippen LogP contribution in [-0.4, -0.2) is 27.6 Å². The van der Waals surface area contributed by atoms with Crippen molar-refractivity contribution in [1.29, 1.82) is 0 Å². The zero-order chi connectivity index (χ0) is 10.5. The average Bonchev–Trinajstić information content (AvgIpc) is 1.81. The smallest absolute Gasteiger partial charge is 0.394 e. The summed E-state index contributed by atoms with van der Waals surface area (Å²) in [6.45, 7) is 0. The predicted octanol–water partition coefficient (Wildman–Crippen LogP) is -0.283. The molecule has 1 aromatic heterocycles. The van der Waals surface area contributed by atoms with Crippen molar-refractivity contribution >= 4 is 16.2 Å². The highest BCUT2D eigenvalue weighted by Crippen LogP contribution is 2.04. The highest BCUT2D eigenvalue weighted by Gasteiger charge is 1.85. The van der Waals surface area contributed by atoms with Gasteiger partial charge < -0.3 is 10.8 Å². The molecule has 0 aromatic carbocycles. The fourth-order valence-electron chi connectivity index (χ4n) is 0.440. The third kappa shape index (κ3) is 10.6. The zero-order valence-electron chi connectivity index (χ0n) is 6.32. The van der Waals surface area contributed by atoms with Crippen molar-refractivity contribution < 1.29 is 22.6 Å². The minimum absolute atomic E-state index is 0.0370. The fourth-order valence-corrected chi connectivity index (χ4v) is 0.440. The van der Waals surface area contributed by atoms with Crippen LogP contribution < -0.4 is 5.73 Å². The van der Waals surface area contributed by atoms with Gasteiger partial charge in [0.15, 0.2) is 0 Å². The first-order valence-corrected chi connectivity index (χ1v) is 4.30. The molecule has 0 saturated heterocycles. The van der Waals surface area contributed by atoms with Gasteiger partial charge in [-0.1, -0.05) is 6.07 Å². The monoisotopic (exact) mass is 208 g/mol. The van der Waals surface area contributed by atoms with Crippen LogP contribution in [0.15, 0.2) is 18.2 Å². The summed E-state index contributed by atoms with van der Waals surface area (Å²) < 4.78 is 31.6. The molecule has 74 valence electrons. The number of nitrogen functional groups attached to an aromatic ring is 1. The molecule has 1 heterocycles. The Bertz CT molecular complexity index is 338. The maximum atomic E-state index is 8.74. The van der Waals surface area contributed by atoms with Crippen molar-refractivity contribution in [3.05, 3.63) is 18.2 Å². The number of hydrogen-bond donors (Lipinski definition) is 4. The molecular formula is C5H8N2O5S. The summed E-state index contributed by atoms with van der Waals surface area (Å²) in [7, 11) is -4.67. The van der Waals surface area contributed by atoms with Gasteiger partial charge in [-0.15, -0.1) is 0 Å². The topological polar surface area (TPSA) is 134 Å². The number of aromatic hydroxyl groups is 1. The molecule has 0 bridgehead atoms. The molecule has 0 fully saturated rings. The predicted molar refractivity (Wildman–Crippen MR) is 44.5 cm³/mol. The summed E-state index contributed by atoms with van der Waals surface area (Å²) in [6, 6.07) is 4.72. The van der Waals surface area contributed by atoms with Crippen LogP contribution >= 0.6 is 0 Å². The zero-order valence-corrected chi connectivity index (χ0v) is 7.14. The molecule has 0 aliphatic heterocycles. The van der Waals surface area contributed by atoms with E-state index in [1.807, 2.05) is 0 Å². The lowest BCUT2D eigenvalue weighted by atomic mass is 10.5. The summed E-state index contributed by atoms with van der Waals surface area (Å²) in [4.78, 5) is 3.51. The lowest BCUT2D eigenvalue weighted by molar-refractivity contribution is 0.381.